The van der Waals surface area contributed by atoms with Gasteiger partial charge in [-0.25, -0.2) is 10.2 Å². The predicted molar refractivity (Wildman–Crippen MR) is 166 cm³/mol. The number of hydrogen-bond acceptors (Lipinski definition) is 6. The van der Waals surface area contributed by atoms with Crippen molar-refractivity contribution in [1.82, 2.24) is 5.43 Å². The summed E-state index contributed by atoms with van der Waals surface area (Å²) < 4.78 is 16.5. The molecule has 226 valence electrons. The molecule has 0 aromatic heterocycles. The van der Waals surface area contributed by atoms with Crippen LogP contribution in [0.4, 0.5) is 0 Å². The Hall–Kier alpha value is -3.35. The smallest absolute Gasteiger partial charge is 0.343 e. The van der Waals surface area contributed by atoms with Gasteiger partial charge < -0.3 is 14.2 Å². The fraction of sp³-hybridized carbons (Fsp3) is 0.559. The number of amides is 1. The molecule has 0 spiro atoms. The summed E-state index contributed by atoms with van der Waals surface area (Å²) in [6.45, 7) is 4.92. The summed E-state index contributed by atoms with van der Waals surface area (Å²) in [6.07, 6.45) is 19.5. The molecule has 0 aliphatic heterocycles. The fourth-order valence-corrected chi connectivity index (χ4v) is 4.45. The first-order valence-corrected chi connectivity index (χ1v) is 15.5. The van der Waals surface area contributed by atoms with Crippen molar-refractivity contribution in [3.63, 3.8) is 0 Å². The first-order valence-electron chi connectivity index (χ1n) is 15.5. The zero-order chi connectivity index (χ0) is 29.5. The molecule has 0 saturated carbocycles. The van der Waals surface area contributed by atoms with E-state index in [1.165, 1.54) is 77.7 Å². The van der Waals surface area contributed by atoms with Crippen LogP contribution in [0.25, 0.3) is 0 Å². The Bertz CT molecular complexity index is 1040. The second-order valence-electron chi connectivity index (χ2n) is 10.5. The Labute approximate surface area is 247 Å². The third-order valence-electron chi connectivity index (χ3n) is 6.86. The average Bonchev–Trinajstić information content (AvgIpc) is 2.99. The lowest BCUT2D eigenvalue weighted by Crippen LogP contribution is -2.16. The lowest BCUT2D eigenvalue weighted by Gasteiger charge is -2.10. The van der Waals surface area contributed by atoms with Gasteiger partial charge in [0, 0.05) is 6.42 Å². The Morgan fingerprint density at radius 2 is 1.37 bits per heavy atom. The van der Waals surface area contributed by atoms with E-state index in [9.17, 15) is 9.59 Å². The van der Waals surface area contributed by atoms with Crippen LogP contribution in [0.15, 0.2) is 47.6 Å². The van der Waals surface area contributed by atoms with Crippen LogP contribution < -0.4 is 19.6 Å². The van der Waals surface area contributed by atoms with Gasteiger partial charge in [-0.1, -0.05) is 90.9 Å². The molecule has 0 aliphatic carbocycles. The molecule has 1 amide bonds. The van der Waals surface area contributed by atoms with Gasteiger partial charge in [-0.2, -0.15) is 5.10 Å². The van der Waals surface area contributed by atoms with Crippen molar-refractivity contribution in [3.05, 3.63) is 53.6 Å². The molecular formula is C34H50N2O5. The van der Waals surface area contributed by atoms with Gasteiger partial charge in [0.25, 0.3) is 0 Å². The number of nitrogens with one attached hydrogen (secondary N) is 1. The highest BCUT2D eigenvalue weighted by atomic mass is 16.6. The molecule has 7 nitrogen and oxygen atoms in total. The number of methoxy groups -OCH3 is 1. The van der Waals surface area contributed by atoms with Crippen LogP contribution in [-0.2, 0) is 4.79 Å². The number of nitrogens with zero attached hydrogens (tertiary/aromatic N) is 1. The second-order valence-corrected chi connectivity index (χ2v) is 10.5. The highest BCUT2D eigenvalue weighted by Gasteiger charge is 2.13. The molecule has 0 bridgehead atoms. The van der Waals surface area contributed by atoms with Crippen LogP contribution in [0, 0.1) is 0 Å². The quantitative estimate of drug-likeness (QED) is 0.0507. The van der Waals surface area contributed by atoms with Crippen LogP contribution in [0.5, 0.6) is 17.2 Å². The summed E-state index contributed by atoms with van der Waals surface area (Å²) in [5.41, 5.74) is 3.71. The fourth-order valence-electron chi connectivity index (χ4n) is 4.45. The van der Waals surface area contributed by atoms with Gasteiger partial charge in [0.1, 0.15) is 5.75 Å². The number of benzene rings is 2. The topological polar surface area (TPSA) is 86.2 Å². The number of hydrogen-bond donors (Lipinski definition) is 1. The van der Waals surface area contributed by atoms with Crippen LogP contribution in [0.3, 0.4) is 0 Å². The Morgan fingerprint density at radius 1 is 0.756 bits per heavy atom. The van der Waals surface area contributed by atoms with Crippen molar-refractivity contribution in [2.45, 2.75) is 110 Å². The molecule has 0 unspecified atom stereocenters. The van der Waals surface area contributed by atoms with E-state index >= 15 is 0 Å². The number of unbranched alkanes of at least 4 members (excludes halogenated alkanes) is 12. The molecular weight excluding hydrogens is 516 g/mol. The molecule has 2 aromatic carbocycles. The van der Waals surface area contributed by atoms with Crippen molar-refractivity contribution >= 4 is 18.1 Å². The summed E-state index contributed by atoms with van der Waals surface area (Å²) in [7, 11) is 1.50. The van der Waals surface area contributed by atoms with Crippen LogP contribution in [-0.4, -0.2) is 31.8 Å². The Morgan fingerprint density at radius 3 is 1.95 bits per heavy atom. The normalized spacial score (nSPS) is 11.0. The third-order valence-corrected chi connectivity index (χ3v) is 6.86. The van der Waals surface area contributed by atoms with Crippen molar-refractivity contribution in [3.8, 4) is 17.2 Å². The van der Waals surface area contributed by atoms with Gasteiger partial charge in [0.2, 0.25) is 5.91 Å². The lowest BCUT2D eigenvalue weighted by molar-refractivity contribution is -0.121. The number of carbonyl (C=O) groups excluding carboxylic acids is 2. The number of carbonyl (C=O) groups is 2. The minimum Gasteiger partial charge on any atom is -0.494 e. The lowest BCUT2D eigenvalue weighted by atomic mass is 10.0. The van der Waals surface area contributed by atoms with E-state index in [4.69, 9.17) is 14.2 Å². The van der Waals surface area contributed by atoms with Crippen LogP contribution in [0.1, 0.15) is 126 Å². The highest BCUT2D eigenvalue weighted by Crippen LogP contribution is 2.28. The minimum absolute atomic E-state index is 0.0899. The van der Waals surface area contributed by atoms with Gasteiger partial charge >= 0.3 is 5.97 Å². The largest absolute Gasteiger partial charge is 0.494 e. The van der Waals surface area contributed by atoms with E-state index < -0.39 is 5.97 Å². The average molecular weight is 567 g/mol. The predicted octanol–water partition coefficient (Wildman–Crippen LogP) is 8.63. The van der Waals surface area contributed by atoms with E-state index in [0.29, 0.717) is 41.4 Å². The third kappa shape index (κ3) is 14.7. The molecule has 7 heteroatoms. The van der Waals surface area contributed by atoms with E-state index in [0.717, 1.165) is 19.3 Å². The zero-order valence-corrected chi connectivity index (χ0v) is 25.4. The van der Waals surface area contributed by atoms with E-state index in [1.54, 1.807) is 48.7 Å². The number of hydrazone groups is 1. The standard InChI is InChI=1S/C34H50N2O5/c1-4-6-7-8-9-10-11-12-13-14-15-16-17-18-33(37)36-35-27-28-19-24-31(32(26-28)39-3)41-34(38)29-20-22-30(23-21-29)40-25-5-2/h19-24,26-27H,4-18,25H2,1-3H3,(H,36,37). The first kappa shape index (κ1) is 33.9. The van der Waals surface area contributed by atoms with Crippen LogP contribution in [0.2, 0.25) is 0 Å². The summed E-state index contributed by atoms with van der Waals surface area (Å²) in [5, 5.41) is 4.07. The molecule has 0 aliphatic rings. The first-order chi connectivity index (χ1) is 20.1. The molecule has 1 N–H and O–H groups in total. The molecule has 0 radical (unpaired) electrons. The summed E-state index contributed by atoms with van der Waals surface area (Å²) >= 11 is 0. The van der Waals surface area contributed by atoms with E-state index in [-0.39, 0.29) is 5.91 Å². The molecule has 2 rings (SSSR count). The number of rotatable bonds is 22. The van der Waals surface area contributed by atoms with Crippen molar-refractivity contribution in [2.75, 3.05) is 13.7 Å². The summed E-state index contributed by atoms with van der Waals surface area (Å²) in [6, 6.07) is 11.9. The molecule has 0 saturated heterocycles. The van der Waals surface area contributed by atoms with E-state index in [2.05, 4.69) is 17.5 Å². The molecule has 0 heterocycles. The van der Waals surface area contributed by atoms with Gasteiger partial charge in [0.05, 0.1) is 25.5 Å². The van der Waals surface area contributed by atoms with Gasteiger partial charge in [-0.15, -0.1) is 0 Å². The van der Waals surface area contributed by atoms with Crippen molar-refractivity contribution < 1.29 is 23.8 Å². The van der Waals surface area contributed by atoms with Crippen molar-refractivity contribution in [1.29, 1.82) is 0 Å². The van der Waals surface area contributed by atoms with Crippen molar-refractivity contribution in [2.24, 2.45) is 5.10 Å². The molecule has 0 fully saturated rings. The zero-order valence-electron chi connectivity index (χ0n) is 25.4. The highest BCUT2D eigenvalue weighted by molar-refractivity contribution is 5.91. The second kappa shape index (κ2) is 21.4. The van der Waals surface area contributed by atoms with Gasteiger partial charge in [-0.05, 0) is 60.9 Å². The molecule has 2 aromatic rings. The van der Waals surface area contributed by atoms with Crippen LogP contribution >= 0.6 is 0 Å². The minimum atomic E-state index is -0.493. The van der Waals surface area contributed by atoms with E-state index in [1.807, 2.05) is 6.92 Å². The number of esters is 1. The number of ether oxygens (including phenoxy) is 3. The SMILES string of the molecule is CCCCCCCCCCCCCCCC(=O)NN=Cc1ccc(OC(=O)c2ccc(OCCC)cc2)c(OC)c1. The monoisotopic (exact) mass is 566 g/mol. The van der Waals surface area contributed by atoms with Gasteiger partial charge in [0.15, 0.2) is 11.5 Å². The maximum Gasteiger partial charge on any atom is 0.343 e. The Balaban J connectivity index is 1.63. The molecule has 41 heavy (non-hydrogen) atoms. The van der Waals surface area contributed by atoms with Gasteiger partial charge in [-0.3, -0.25) is 4.79 Å². The Kier molecular flexibility index (Phi) is 17.7. The maximum absolute atomic E-state index is 12.6. The summed E-state index contributed by atoms with van der Waals surface area (Å²) in [5.74, 6) is 0.817. The summed E-state index contributed by atoms with van der Waals surface area (Å²) in [4.78, 5) is 24.7. The molecule has 0 atom stereocenters. The maximum atomic E-state index is 12.6.